The molecule has 0 saturated heterocycles. The van der Waals surface area contributed by atoms with Crippen molar-refractivity contribution < 1.29 is 0 Å². The first kappa shape index (κ1) is 15.0. The van der Waals surface area contributed by atoms with Crippen LogP contribution >= 0.6 is 0 Å². The second kappa shape index (κ2) is 6.48. The molecular formula is C19H20N4. The van der Waals surface area contributed by atoms with Crippen molar-refractivity contribution in [2.75, 3.05) is 10.6 Å². The molecule has 3 rings (SSSR count). The van der Waals surface area contributed by atoms with Crippen molar-refractivity contribution in [3.63, 3.8) is 0 Å². The predicted octanol–water partition coefficient (Wildman–Crippen LogP) is 4.89. The van der Waals surface area contributed by atoms with Gasteiger partial charge in [-0.2, -0.15) is 0 Å². The molecule has 0 atom stereocenters. The molecule has 0 radical (unpaired) electrons. The number of aryl methyl sites for hydroxylation is 3. The largest absolute Gasteiger partial charge is 0.340 e. The zero-order chi connectivity index (χ0) is 16.2. The number of rotatable bonds is 4. The number of benzene rings is 2. The average Bonchev–Trinajstić information content (AvgIpc) is 2.51. The van der Waals surface area contributed by atoms with Crippen molar-refractivity contribution in [1.29, 1.82) is 0 Å². The molecule has 0 amide bonds. The van der Waals surface area contributed by atoms with E-state index < -0.39 is 0 Å². The zero-order valence-electron chi connectivity index (χ0n) is 13.6. The summed E-state index contributed by atoms with van der Waals surface area (Å²) in [6.07, 6.45) is 0. The van der Waals surface area contributed by atoms with E-state index in [9.17, 15) is 0 Å². The van der Waals surface area contributed by atoms with Crippen LogP contribution in [-0.2, 0) is 0 Å². The highest BCUT2D eigenvalue weighted by Crippen LogP contribution is 2.25. The van der Waals surface area contributed by atoms with Crippen LogP contribution in [0.15, 0.2) is 54.6 Å². The highest BCUT2D eigenvalue weighted by Gasteiger charge is 2.06. The molecule has 2 N–H and O–H groups in total. The Morgan fingerprint density at radius 3 is 1.96 bits per heavy atom. The Morgan fingerprint density at radius 2 is 1.30 bits per heavy atom. The molecular weight excluding hydrogens is 284 g/mol. The normalized spacial score (nSPS) is 10.4. The summed E-state index contributed by atoms with van der Waals surface area (Å²) in [6.45, 7) is 6.07. The Kier molecular flexibility index (Phi) is 4.24. The molecule has 2 aromatic carbocycles. The Morgan fingerprint density at radius 1 is 0.696 bits per heavy atom. The molecule has 0 aliphatic heterocycles. The monoisotopic (exact) mass is 304 g/mol. The number of hydrogen-bond donors (Lipinski definition) is 2. The van der Waals surface area contributed by atoms with Gasteiger partial charge in [-0.05, 0) is 44.0 Å². The van der Waals surface area contributed by atoms with Crippen LogP contribution < -0.4 is 10.6 Å². The van der Waals surface area contributed by atoms with Gasteiger partial charge in [0.15, 0.2) is 0 Å². The highest BCUT2D eigenvalue weighted by molar-refractivity contribution is 5.67. The van der Waals surface area contributed by atoms with E-state index in [1.165, 1.54) is 11.1 Å². The average molecular weight is 304 g/mol. The number of nitrogens with one attached hydrogen (secondary N) is 2. The van der Waals surface area contributed by atoms with Crippen molar-refractivity contribution in [3.05, 3.63) is 71.5 Å². The van der Waals surface area contributed by atoms with Gasteiger partial charge in [-0.25, -0.2) is 9.97 Å². The minimum Gasteiger partial charge on any atom is -0.340 e. The smallest absolute Gasteiger partial charge is 0.136 e. The second-order valence-electron chi connectivity index (χ2n) is 5.57. The van der Waals surface area contributed by atoms with Gasteiger partial charge in [-0.3, -0.25) is 0 Å². The summed E-state index contributed by atoms with van der Waals surface area (Å²) in [5.74, 6) is 2.28. The van der Waals surface area contributed by atoms with E-state index in [4.69, 9.17) is 0 Å². The third kappa shape index (κ3) is 3.66. The summed E-state index contributed by atoms with van der Waals surface area (Å²) >= 11 is 0. The van der Waals surface area contributed by atoms with Gasteiger partial charge in [-0.15, -0.1) is 0 Å². The molecule has 0 aliphatic rings. The minimum absolute atomic E-state index is 0.722. The van der Waals surface area contributed by atoms with Crippen LogP contribution in [0, 0.1) is 20.8 Å². The molecule has 3 aromatic rings. The van der Waals surface area contributed by atoms with Crippen LogP contribution in [0.2, 0.25) is 0 Å². The summed E-state index contributed by atoms with van der Waals surface area (Å²) in [7, 11) is 0. The lowest BCUT2D eigenvalue weighted by Crippen LogP contribution is -2.03. The summed E-state index contributed by atoms with van der Waals surface area (Å²) in [5, 5.41) is 6.73. The Hall–Kier alpha value is -2.88. The lowest BCUT2D eigenvalue weighted by Gasteiger charge is -2.13. The predicted molar refractivity (Wildman–Crippen MR) is 95.7 cm³/mol. The van der Waals surface area contributed by atoms with Crippen LogP contribution in [0.1, 0.15) is 17.0 Å². The van der Waals surface area contributed by atoms with E-state index >= 15 is 0 Å². The fourth-order valence-electron chi connectivity index (χ4n) is 2.50. The lowest BCUT2D eigenvalue weighted by atomic mass is 10.1. The number of hydrogen-bond acceptors (Lipinski definition) is 4. The van der Waals surface area contributed by atoms with Crippen LogP contribution in [-0.4, -0.2) is 9.97 Å². The van der Waals surface area contributed by atoms with E-state index in [0.717, 1.165) is 28.8 Å². The van der Waals surface area contributed by atoms with Gasteiger partial charge in [0.05, 0.1) is 0 Å². The molecule has 0 saturated carbocycles. The van der Waals surface area contributed by atoms with E-state index in [2.05, 4.69) is 52.6 Å². The molecule has 0 fully saturated rings. The second-order valence-corrected chi connectivity index (χ2v) is 5.57. The van der Waals surface area contributed by atoms with Gasteiger partial charge in [-0.1, -0.05) is 36.4 Å². The molecule has 0 bridgehead atoms. The third-order valence-electron chi connectivity index (χ3n) is 3.62. The number of aromatic nitrogens is 2. The molecule has 23 heavy (non-hydrogen) atoms. The maximum absolute atomic E-state index is 4.49. The molecule has 0 spiro atoms. The van der Waals surface area contributed by atoms with Gasteiger partial charge in [0, 0.05) is 17.4 Å². The van der Waals surface area contributed by atoms with Crippen LogP contribution in [0.4, 0.5) is 23.0 Å². The van der Waals surface area contributed by atoms with Crippen molar-refractivity contribution in [1.82, 2.24) is 9.97 Å². The van der Waals surface area contributed by atoms with Crippen molar-refractivity contribution in [2.45, 2.75) is 20.8 Å². The minimum atomic E-state index is 0.722. The first-order valence-electron chi connectivity index (χ1n) is 7.63. The first-order valence-corrected chi connectivity index (χ1v) is 7.63. The number of anilines is 4. The Bertz CT molecular complexity index is 793. The molecule has 0 unspecified atom stereocenters. The van der Waals surface area contributed by atoms with Gasteiger partial charge < -0.3 is 10.6 Å². The summed E-state index contributed by atoms with van der Waals surface area (Å²) in [6, 6.07) is 18.2. The first-order chi connectivity index (χ1) is 11.1. The molecule has 1 aromatic heterocycles. The van der Waals surface area contributed by atoms with Crippen LogP contribution in [0.3, 0.4) is 0 Å². The fourth-order valence-corrected chi connectivity index (χ4v) is 2.50. The van der Waals surface area contributed by atoms with Gasteiger partial charge >= 0.3 is 0 Å². The molecule has 0 aliphatic carbocycles. The Labute approximate surface area is 136 Å². The van der Waals surface area contributed by atoms with Crippen LogP contribution in [0.25, 0.3) is 0 Å². The SMILES string of the molecule is Cc1nc(Nc2ccccc2)cc(Nc2c(C)cccc2C)n1. The topological polar surface area (TPSA) is 49.8 Å². The van der Waals surface area contributed by atoms with E-state index in [1.807, 2.05) is 43.3 Å². The standard InChI is InChI=1S/C19H20N4/c1-13-8-7-9-14(2)19(13)23-18-12-17(20-15(3)21-18)22-16-10-5-4-6-11-16/h4-12H,1-3H3,(H2,20,21,22,23). The van der Waals surface area contributed by atoms with Gasteiger partial charge in [0.2, 0.25) is 0 Å². The van der Waals surface area contributed by atoms with Crippen molar-refractivity contribution >= 4 is 23.0 Å². The molecule has 1 heterocycles. The zero-order valence-corrected chi connectivity index (χ0v) is 13.6. The molecule has 4 heteroatoms. The molecule has 116 valence electrons. The number of para-hydroxylation sites is 2. The highest BCUT2D eigenvalue weighted by atomic mass is 15.1. The van der Waals surface area contributed by atoms with E-state index in [1.54, 1.807) is 0 Å². The van der Waals surface area contributed by atoms with Crippen molar-refractivity contribution in [2.24, 2.45) is 0 Å². The lowest BCUT2D eigenvalue weighted by molar-refractivity contribution is 1.06. The van der Waals surface area contributed by atoms with Gasteiger partial charge in [0.1, 0.15) is 17.5 Å². The van der Waals surface area contributed by atoms with E-state index in [0.29, 0.717) is 0 Å². The maximum atomic E-state index is 4.49. The Balaban J connectivity index is 1.89. The maximum Gasteiger partial charge on any atom is 0.136 e. The summed E-state index contributed by atoms with van der Waals surface area (Å²) < 4.78 is 0. The number of nitrogens with zero attached hydrogens (tertiary/aromatic N) is 2. The van der Waals surface area contributed by atoms with Gasteiger partial charge in [0.25, 0.3) is 0 Å². The fraction of sp³-hybridized carbons (Fsp3) is 0.158. The van der Waals surface area contributed by atoms with Crippen molar-refractivity contribution in [3.8, 4) is 0 Å². The quantitative estimate of drug-likeness (QED) is 0.720. The summed E-state index contributed by atoms with van der Waals surface area (Å²) in [5.41, 5.74) is 4.48. The van der Waals surface area contributed by atoms with E-state index in [-0.39, 0.29) is 0 Å². The molecule has 4 nitrogen and oxygen atoms in total. The third-order valence-corrected chi connectivity index (χ3v) is 3.62. The summed E-state index contributed by atoms with van der Waals surface area (Å²) in [4.78, 5) is 8.94. The van der Waals surface area contributed by atoms with Crippen LogP contribution in [0.5, 0.6) is 0 Å².